The van der Waals surface area contributed by atoms with Gasteiger partial charge in [0.2, 0.25) is 23.6 Å². The number of aliphatic carboxylic acids is 1. The topological polar surface area (TPSA) is 240 Å². The lowest BCUT2D eigenvalue weighted by Gasteiger charge is -2.25. The van der Waals surface area contributed by atoms with E-state index in [0.29, 0.717) is 17.5 Å². The number of nitrogens with one attached hydrogen (secondary N) is 6. The highest BCUT2D eigenvalue weighted by Gasteiger charge is 2.30. The molecule has 1 saturated heterocycles. The first-order valence-electron chi connectivity index (χ1n) is 18.9. The maximum Gasteiger partial charge on any atom is 0.514 e. The third kappa shape index (κ3) is 17.7. The van der Waals surface area contributed by atoms with Crippen molar-refractivity contribution in [1.29, 1.82) is 0 Å². The van der Waals surface area contributed by atoms with E-state index in [4.69, 9.17) is 14.2 Å². The van der Waals surface area contributed by atoms with E-state index in [0.717, 1.165) is 13.0 Å². The zero-order chi connectivity index (χ0) is 42.2. The summed E-state index contributed by atoms with van der Waals surface area (Å²) in [5.41, 5.74) is -0.424. The molecule has 3 rings (SSSR count). The Kier molecular flexibility index (Phi) is 17.3. The van der Waals surface area contributed by atoms with Gasteiger partial charge in [-0.05, 0) is 97.0 Å². The Morgan fingerprint density at radius 1 is 0.754 bits per heavy atom. The van der Waals surface area contributed by atoms with E-state index in [1.807, 2.05) is 0 Å². The van der Waals surface area contributed by atoms with Crippen molar-refractivity contribution in [1.82, 2.24) is 31.9 Å². The van der Waals surface area contributed by atoms with Gasteiger partial charge in [-0.1, -0.05) is 42.5 Å². The molecule has 17 nitrogen and oxygen atoms in total. The molecule has 17 heteroatoms. The van der Waals surface area contributed by atoms with Crippen LogP contribution in [0.3, 0.4) is 0 Å². The average Bonchev–Trinajstić information content (AvgIpc) is 3.66. The van der Waals surface area contributed by atoms with Crippen LogP contribution in [0, 0.1) is 0 Å². The van der Waals surface area contributed by atoms with Crippen LogP contribution in [0.2, 0.25) is 0 Å². The quantitative estimate of drug-likeness (QED) is 0.0655. The summed E-state index contributed by atoms with van der Waals surface area (Å²) in [6.07, 6.45) is 0.0146. The third-order valence-corrected chi connectivity index (χ3v) is 8.28. The van der Waals surface area contributed by atoms with Gasteiger partial charge in [0, 0.05) is 19.4 Å². The standard InChI is InChI=1S/C40H56N6O11/c1-39(2,3)56-37(53)46-30(22-26-16-18-27(19-17-26)55-38(54)57-40(4,5)6)35(50)45-29(15-11-21-42-33(48)28-14-10-20-41-28)34(49)43-24-32(47)44-31(36(51)52)23-25-12-8-7-9-13-25/h7-9,12-13,16-19,28-31,41H,10-11,14-15,20-24H2,1-6H3,(H,42,48)(H,43,49)(H,44,47)(H,45,50)(H,46,53)(H,51,52)/t28-,29+,30-,31-/m0/s1. The normalized spacial score (nSPS) is 15.5. The number of benzene rings is 2. The summed E-state index contributed by atoms with van der Waals surface area (Å²) in [4.78, 5) is 89.7. The second-order valence-electron chi connectivity index (χ2n) is 15.6. The van der Waals surface area contributed by atoms with Gasteiger partial charge in [-0.2, -0.15) is 0 Å². The summed E-state index contributed by atoms with van der Waals surface area (Å²) < 4.78 is 15.8. The lowest BCUT2D eigenvalue weighted by molar-refractivity contribution is -0.141. The van der Waals surface area contributed by atoms with Gasteiger partial charge < -0.3 is 51.2 Å². The Balaban J connectivity index is 1.74. The zero-order valence-corrected chi connectivity index (χ0v) is 33.4. The first-order valence-corrected chi connectivity index (χ1v) is 18.9. The van der Waals surface area contributed by atoms with Crippen LogP contribution in [0.25, 0.3) is 0 Å². The van der Waals surface area contributed by atoms with Crippen molar-refractivity contribution >= 4 is 41.8 Å². The number of carbonyl (C=O) groups is 7. The lowest BCUT2D eigenvalue weighted by atomic mass is 10.0. The van der Waals surface area contributed by atoms with Crippen LogP contribution in [-0.2, 0) is 46.3 Å². The second-order valence-corrected chi connectivity index (χ2v) is 15.6. The van der Waals surface area contributed by atoms with Gasteiger partial charge in [0.25, 0.3) is 0 Å². The fourth-order valence-electron chi connectivity index (χ4n) is 5.63. The minimum Gasteiger partial charge on any atom is -0.480 e. The Morgan fingerprint density at radius 2 is 1.39 bits per heavy atom. The van der Waals surface area contributed by atoms with Crippen LogP contribution in [0.4, 0.5) is 9.59 Å². The van der Waals surface area contributed by atoms with E-state index in [9.17, 15) is 38.7 Å². The fraction of sp³-hybridized carbons (Fsp3) is 0.525. The summed E-state index contributed by atoms with van der Waals surface area (Å²) in [7, 11) is 0. The number of rotatable bonds is 18. The van der Waals surface area contributed by atoms with Crippen molar-refractivity contribution in [3.05, 3.63) is 65.7 Å². The van der Waals surface area contributed by atoms with Gasteiger partial charge in [0.15, 0.2) is 0 Å². The molecule has 1 heterocycles. The van der Waals surface area contributed by atoms with E-state index in [2.05, 4.69) is 31.9 Å². The molecule has 0 aliphatic carbocycles. The molecule has 0 radical (unpaired) electrons. The van der Waals surface area contributed by atoms with Crippen molar-refractivity contribution in [2.24, 2.45) is 0 Å². The molecule has 57 heavy (non-hydrogen) atoms. The van der Waals surface area contributed by atoms with Crippen LogP contribution in [0.1, 0.15) is 78.4 Å². The van der Waals surface area contributed by atoms with E-state index >= 15 is 0 Å². The highest BCUT2D eigenvalue weighted by atomic mass is 16.7. The summed E-state index contributed by atoms with van der Waals surface area (Å²) in [5.74, 6) is -3.53. The number of hydrogen-bond acceptors (Lipinski definition) is 11. The van der Waals surface area contributed by atoms with E-state index < -0.39 is 71.8 Å². The van der Waals surface area contributed by atoms with Crippen molar-refractivity contribution in [3.63, 3.8) is 0 Å². The SMILES string of the molecule is CC(C)(C)OC(=O)N[C@@H](Cc1ccc(OC(=O)OC(C)(C)C)cc1)C(=O)N[C@H](CCCNC(=O)[C@@H]1CCCN1)C(=O)NCC(=O)N[C@@H](Cc1ccccc1)C(=O)O. The van der Waals surface area contributed by atoms with Crippen molar-refractivity contribution in [2.75, 3.05) is 19.6 Å². The molecule has 2 aromatic carbocycles. The van der Waals surface area contributed by atoms with Crippen LogP contribution in [0.5, 0.6) is 5.75 Å². The van der Waals surface area contributed by atoms with Crippen molar-refractivity contribution in [3.8, 4) is 5.75 Å². The highest BCUT2D eigenvalue weighted by molar-refractivity contribution is 5.93. The molecule has 1 aliphatic rings. The Labute approximate surface area is 332 Å². The fourth-order valence-corrected chi connectivity index (χ4v) is 5.63. The molecule has 7 N–H and O–H groups in total. The molecule has 0 saturated carbocycles. The number of alkyl carbamates (subject to hydrolysis) is 1. The smallest absolute Gasteiger partial charge is 0.480 e. The molecule has 0 unspecified atom stereocenters. The largest absolute Gasteiger partial charge is 0.514 e. The first-order chi connectivity index (χ1) is 26.8. The van der Waals surface area contributed by atoms with Gasteiger partial charge in [0.1, 0.15) is 35.1 Å². The van der Waals surface area contributed by atoms with Crippen LogP contribution < -0.4 is 36.6 Å². The molecule has 1 aliphatic heterocycles. The molecule has 2 aromatic rings. The molecule has 312 valence electrons. The Morgan fingerprint density at radius 3 is 1.98 bits per heavy atom. The third-order valence-electron chi connectivity index (χ3n) is 8.28. The van der Waals surface area contributed by atoms with Crippen molar-refractivity contribution in [2.45, 2.75) is 115 Å². The molecule has 0 bridgehead atoms. The van der Waals surface area contributed by atoms with Crippen LogP contribution >= 0.6 is 0 Å². The minimum atomic E-state index is -1.27. The zero-order valence-electron chi connectivity index (χ0n) is 33.4. The predicted octanol–water partition coefficient (Wildman–Crippen LogP) is 2.50. The number of carboxylic acids is 1. The maximum absolute atomic E-state index is 13.9. The summed E-state index contributed by atoms with van der Waals surface area (Å²) in [6.45, 7) is 10.4. The molecule has 5 amide bonds. The van der Waals surface area contributed by atoms with Gasteiger partial charge in [-0.25, -0.2) is 14.4 Å². The minimum absolute atomic E-state index is 0.0160. The van der Waals surface area contributed by atoms with Gasteiger partial charge in [0.05, 0.1) is 12.6 Å². The van der Waals surface area contributed by atoms with Gasteiger partial charge >= 0.3 is 18.2 Å². The number of ether oxygens (including phenoxy) is 3. The second kappa shape index (κ2) is 21.6. The predicted molar refractivity (Wildman–Crippen MR) is 208 cm³/mol. The molecule has 0 spiro atoms. The summed E-state index contributed by atoms with van der Waals surface area (Å²) in [5, 5.41) is 25.7. The first kappa shape index (κ1) is 45.7. The molecule has 1 fully saturated rings. The maximum atomic E-state index is 13.9. The highest BCUT2D eigenvalue weighted by Crippen LogP contribution is 2.17. The number of carboxylic acid groups (broad SMARTS) is 1. The van der Waals surface area contributed by atoms with Crippen LogP contribution in [-0.4, -0.2) is 102 Å². The van der Waals surface area contributed by atoms with Gasteiger partial charge in [-0.3, -0.25) is 19.2 Å². The van der Waals surface area contributed by atoms with Gasteiger partial charge in [-0.15, -0.1) is 0 Å². The molecule has 4 atom stereocenters. The van der Waals surface area contributed by atoms with Crippen molar-refractivity contribution < 1.29 is 52.9 Å². The average molecular weight is 797 g/mol. The molecule has 0 aromatic heterocycles. The summed E-state index contributed by atoms with van der Waals surface area (Å²) in [6, 6.07) is 10.8. The number of carbonyl (C=O) groups excluding carboxylic acids is 6. The Hall–Kier alpha value is -5.71. The van der Waals surface area contributed by atoms with E-state index in [1.165, 1.54) is 12.1 Å². The molecular weight excluding hydrogens is 740 g/mol. The molecular formula is C40H56N6O11. The van der Waals surface area contributed by atoms with Crippen LogP contribution in [0.15, 0.2) is 54.6 Å². The van der Waals surface area contributed by atoms with E-state index in [-0.39, 0.29) is 49.9 Å². The number of amides is 5. The van der Waals surface area contributed by atoms with E-state index in [1.54, 1.807) is 84.0 Å². The summed E-state index contributed by atoms with van der Waals surface area (Å²) >= 11 is 0. The monoisotopic (exact) mass is 796 g/mol. The number of hydrogen-bond donors (Lipinski definition) is 7. The Bertz CT molecular complexity index is 1680. The lowest BCUT2D eigenvalue weighted by Crippen LogP contribution is -2.56.